The smallest absolute Gasteiger partial charge is 0.338 e. The Kier molecular flexibility index (Phi) is 4.24. The van der Waals surface area contributed by atoms with E-state index in [9.17, 15) is 9.59 Å². The van der Waals surface area contributed by atoms with E-state index in [-0.39, 0.29) is 24.3 Å². The highest BCUT2D eigenvalue weighted by Crippen LogP contribution is 2.35. The Bertz CT molecular complexity index is 859. The molecule has 0 N–H and O–H groups in total. The average Bonchev–Trinajstić information content (AvgIpc) is 3.41. The molecule has 1 aliphatic heterocycles. The van der Waals surface area contributed by atoms with E-state index in [1.54, 1.807) is 24.3 Å². The third-order valence-electron chi connectivity index (χ3n) is 4.60. The van der Waals surface area contributed by atoms with Crippen molar-refractivity contribution in [3.05, 3.63) is 59.2 Å². The molecule has 0 radical (unpaired) electrons. The molecular formula is C20H19NO5. The number of hydrogen-bond acceptors (Lipinski definition) is 5. The summed E-state index contributed by atoms with van der Waals surface area (Å²) in [6, 6.07) is 12.6. The lowest BCUT2D eigenvalue weighted by Gasteiger charge is -2.23. The van der Waals surface area contributed by atoms with Crippen LogP contribution in [0, 0.1) is 0 Å². The Morgan fingerprint density at radius 2 is 1.81 bits per heavy atom. The molecule has 1 fully saturated rings. The lowest BCUT2D eigenvalue weighted by molar-refractivity contribution is 0.0588. The molecule has 1 saturated carbocycles. The number of benzene rings is 2. The monoisotopic (exact) mass is 353 g/mol. The summed E-state index contributed by atoms with van der Waals surface area (Å²) < 4.78 is 15.6. The molecule has 134 valence electrons. The van der Waals surface area contributed by atoms with Gasteiger partial charge in [-0.05, 0) is 42.7 Å². The summed E-state index contributed by atoms with van der Waals surface area (Å²) in [5, 5.41) is 0. The molecule has 0 saturated heterocycles. The number of methoxy groups -OCH3 is 1. The first-order chi connectivity index (χ1) is 12.7. The van der Waals surface area contributed by atoms with Crippen molar-refractivity contribution in [2.45, 2.75) is 25.4 Å². The minimum Gasteiger partial charge on any atom is -0.465 e. The lowest BCUT2D eigenvalue weighted by Crippen LogP contribution is -2.33. The van der Waals surface area contributed by atoms with Crippen molar-refractivity contribution in [2.24, 2.45) is 0 Å². The van der Waals surface area contributed by atoms with Crippen LogP contribution in [0.15, 0.2) is 42.5 Å². The molecule has 0 aromatic heterocycles. The van der Waals surface area contributed by atoms with Crippen LogP contribution < -0.4 is 9.47 Å². The van der Waals surface area contributed by atoms with E-state index in [1.165, 1.54) is 7.11 Å². The van der Waals surface area contributed by atoms with E-state index >= 15 is 0 Å². The minimum absolute atomic E-state index is 0.161. The highest BCUT2D eigenvalue weighted by atomic mass is 16.7. The maximum Gasteiger partial charge on any atom is 0.338 e. The van der Waals surface area contributed by atoms with Crippen molar-refractivity contribution < 1.29 is 23.8 Å². The molecule has 0 spiro atoms. The van der Waals surface area contributed by atoms with Gasteiger partial charge < -0.3 is 19.1 Å². The van der Waals surface area contributed by atoms with E-state index in [0.717, 1.165) is 18.4 Å². The van der Waals surface area contributed by atoms with Crippen LogP contribution in [-0.2, 0) is 11.3 Å². The van der Waals surface area contributed by atoms with Crippen LogP contribution in [-0.4, -0.2) is 36.7 Å². The number of nitrogens with zero attached hydrogens (tertiary/aromatic N) is 1. The Morgan fingerprint density at radius 1 is 1.08 bits per heavy atom. The van der Waals surface area contributed by atoms with E-state index in [0.29, 0.717) is 23.6 Å². The zero-order valence-corrected chi connectivity index (χ0v) is 14.4. The summed E-state index contributed by atoms with van der Waals surface area (Å²) in [7, 11) is 1.31. The molecule has 1 aliphatic carbocycles. The van der Waals surface area contributed by atoms with Gasteiger partial charge in [0.25, 0.3) is 5.91 Å². The molecule has 2 aliphatic rings. The fourth-order valence-corrected chi connectivity index (χ4v) is 3.10. The highest BCUT2D eigenvalue weighted by molar-refractivity contribution is 6.05. The summed E-state index contributed by atoms with van der Waals surface area (Å²) in [6.45, 7) is 0.673. The van der Waals surface area contributed by atoms with Crippen LogP contribution in [0.2, 0.25) is 0 Å². The van der Waals surface area contributed by atoms with Crippen molar-refractivity contribution in [1.29, 1.82) is 0 Å². The molecular weight excluding hydrogens is 334 g/mol. The molecule has 1 heterocycles. The third-order valence-corrected chi connectivity index (χ3v) is 4.60. The zero-order chi connectivity index (χ0) is 18.1. The minimum atomic E-state index is -0.507. The Hall–Kier alpha value is -3.02. The summed E-state index contributed by atoms with van der Waals surface area (Å²) >= 11 is 0. The van der Waals surface area contributed by atoms with Gasteiger partial charge >= 0.3 is 5.97 Å². The zero-order valence-electron chi connectivity index (χ0n) is 14.4. The second kappa shape index (κ2) is 6.71. The van der Waals surface area contributed by atoms with Gasteiger partial charge in [0.15, 0.2) is 11.5 Å². The molecule has 0 unspecified atom stereocenters. The van der Waals surface area contributed by atoms with Crippen molar-refractivity contribution in [3.63, 3.8) is 0 Å². The molecule has 0 bridgehead atoms. The van der Waals surface area contributed by atoms with Gasteiger partial charge in [-0.1, -0.05) is 18.2 Å². The quantitative estimate of drug-likeness (QED) is 0.773. The standard InChI is InChI=1S/C20H19NO5/c1-24-20(23)16-5-3-2-4-15(16)19(22)21(14-7-8-14)11-13-6-9-17-18(10-13)26-12-25-17/h2-6,9-10,14H,7-8,11-12H2,1H3. The van der Waals surface area contributed by atoms with Crippen LogP contribution in [0.1, 0.15) is 39.1 Å². The topological polar surface area (TPSA) is 65.1 Å². The number of hydrogen-bond donors (Lipinski definition) is 0. The SMILES string of the molecule is COC(=O)c1ccccc1C(=O)N(Cc1ccc2c(c1)OCO2)C1CC1. The number of carbonyl (C=O) groups is 2. The molecule has 6 heteroatoms. The first-order valence-corrected chi connectivity index (χ1v) is 8.54. The van der Waals surface area contributed by atoms with Gasteiger partial charge in [-0.15, -0.1) is 0 Å². The van der Waals surface area contributed by atoms with Crippen molar-refractivity contribution in [1.82, 2.24) is 4.90 Å². The highest BCUT2D eigenvalue weighted by Gasteiger charge is 2.34. The fraction of sp³-hybridized carbons (Fsp3) is 0.300. The van der Waals surface area contributed by atoms with Gasteiger partial charge in [-0.25, -0.2) is 4.79 Å². The maximum absolute atomic E-state index is 13.2. The van der Waals surface area contributed by atoms with Crippen molar-refractivity contribution in [3.8, 4) is 11.5 Å². The lowest BCUT2D eigenvalue weighted by atomic mass is 10.1. The number of carbonyl (C=O) groups excluding carboxylic acids is 2. The second-order valence-electron chi connectivity index (χ2n) is 6.39. The predicted octanol–water partition coefficient (Wildman–Crippen LogP) is 3.01. The van der Waals surface area contributed by atoms with Gasteiger partial charge in [0.2, 0.25) is 6.79 Å². The van der Waals surface area contributed by atoms with Crippen molar-refractivity contribution >= 4 is 11.9 Å². The summed E-state index contributed by atoms with van der Waals surface area (Å²) in [4.78, 5) is 27.0. The largest absolute Gasteiger partial charge is 0.465 e. The Balaban J connectivity index is 1.61. The molecule has 2 aromatic rings. The average molecular weight is 353 g/mol. The van der Waals surface area contributed by atoms with E-state index in [4.69, 9.17) is 14.2 Å². The number of esters is 1. The van der Waals surface area contributed by atoms with Crippen molar-refractivity contribution in [2.75, 3.05) is 13.9 Å². The Morgan fingerprint density at radius 3 is 2.54 bits per heavy atom. The van der Waals surface area contributed by atoms with E-state index < -0.39 is 5.97 Å². The molecule has 0 atom stereocenters. The fourth-order valence-electron chi connectivity index (χ4n) is 3.10. The number of ether oxygens (including phenoxy) is 3. The first kappa shape index (κ1) is 16.4. The van der Waals surface area contributed by atoms with Crippen LogP contribution in [0.3, 0.4) is 0 Å². The number of amides is 1. The normalized spacial score (nSPS) is 14.8. The second-order valence-corrected chi connectivity index (χ2v) is 6.39. The van der Waals surface area contributed by atoms with Crippen LogP contribution in [0.4, 0.5) is 0 Å². The van der Waals surface area contributed by atoms with Crippen LogP contribution >= 0.6 is 0 Å². The third kappa shape index (κ3) is 3.10. The van der Waals surface area contributed by atoms with Gasteiger partial charge in [0.05, 0.1) is 18.2 Å². The summed E-state index contributed by atoms with van der Waals surface area (Å²) in [5.74, 6) is 0.744. The Labute approximate surface area is 151 Å². The number of fused-ring (bicyclic) bond motifs is 1. The van der Waals surface area contributed by atoms with Gasteiger partial charge in [0.1, 0.15) is 0 Å². The summed E-state index contributed by atoms with van der Waals surface area (Å²) in [5.41, 5.74) is 1.62. The van der Waals surface area contributed by atoms with Crippen LogP contribution in [0.5, 0.6) is 11.5 Å². The number of rotatable bonds is 5. The van der Waals surface area contributed by atoms with Gasteiger partial charge in [-0.3, -0.25) is 4.79 Å². The maximum atomic E-state index is 13.2. The molecule has 1 amide bonds. The molecule has 2 aromatic carbocycles. The van der Waals surface area contributed by atoms with Gasteiger partial charge in [-0.2, -0.15) is 0 Å². The first-order valence-electron chi connectivity index (χ1n) is 8.54. The molecule has 6 nitrogen and oxygen atoms in total. The van der Waals surface area contributed by atoms with E-state index in [2.05, 4.69) is 0 Å². The summed E-state index contributed by atoms with van der Waals surface area (Å²) in [6.07, 6.45) is 1.94. The molecule has 4 rings (SSSR count). The predicted molar refractivity (Wildman–Crippen MR) is 93.2 cm³/mol. The van der Waals surface area contributed by atoms with Gasteiger partial charge in [0, 0.05) is 12.6 Å². The van der Waals surface area contributed by atoms with E-state index in [1.807, 2.05) is 23.1 Å². The molecule has 26 heavy (non-hydrogen) atoms. The van der Waals surface area contributed by atoms with Crippen LogP contribution in [0.25, 0.3) is 0 Å².